The van der Waals surface area contributed by atoms with Crippen LogP contribution < -0.4 is 0 Å². The summed E-state index contributed by atoms with van der Waals surface area (Å²) in [6, 6.07) is 10.3. The quantitative estimate of drug-likeness (QED) is 0.737. The van der Waals surface area contributed by atoms with Crippen LogP contribution in [0, 0.1) is 5.41 Å². The van der Waals surface area contributed by atoms with E-state index in [9.17, 15) is 19.8 Å². The number of ether oxygens (including phenoxy) is 2. The predicted molar refractivity (Wildman–Crippen MR) is 96.9 cm³/mol. The lowest BCUT2D eigenvalue weighted by molar-refractivity contribution is -0.157. The number of aromatic hydroxyl groups is 1. The van der Waals surface area contributed by atoms with Gasteiger partial charge in [-0.3, -0.25) is 4.79 Å². The van der Waals surface area contributed by atoms with Crippen molar-refractivity contribution in [3.8, 4) is 5.75 Å². The third-order valence-electron chi connectivity index (χ3n) is 4.33. The Kier molecular flexibility index (Phi) is 6.21. The van der Waals surface area contributed by atoms with Gasteiger partial charge in [-0.15, -0.1) is 0 Å². The van der Waals surface area contributed by atoms with Crippen molar-refractivity contribution in [1.29, 1.82) is 0 Å². The number of carbonyl (C=O) groups is 2. The van der Waals surface area contributed by atoms with Gasteiger partial charge in [0.15, 0.2) is 0 Å². The van der Waals surface area contributed by atoms with E-state index in [0.717, 1.165) is 10.8 Å². The summed E-state index contributed by atoms with van der Waals surface area (Å²) in [6.45, 7) is 4.77. The van der Waals surface area contributed by atoms with E-state index in [4.69, 9.17) is 9.47 Å². The van der Waals surface area contributed by atoms with Gasteiger partial charge < -0.3 is 19.7 Å². The highest BCUT2D eigenvalue weighted by molar-refractivity contribution is 5.98. The largest absolute Gasteiger partial charge is 0.507 e. The fraction of sp³-hybridized carbons (Fsp3) is 0.400. The van der Waals surface area contributed by atoms with E-state index in [1.807, 2.05) is 31.2 Å². The van der Waals surface area contributed by atoms with Crippen LogP contribution >= 0.6 is 0 Å². The number of phenolic OH excluding ortho intramolecular Hbond substituents is 1. The second kappa shape index (κ2) is 8.19. The molecule has 0 aliphatic carbocycles. The molecule has 0 bridgehead atoms. The lowest BCUT2D eigenvalue weighted by Crippen LogP contribution is -2.31. The molecule has 0 spiro atoms. The topological polar surface area (TPSA) is 93.1 Å². The summed E-state index contributed by atoms with van der Waals surface area (Å²) in [5.41, 5.74) is -0.618. The molecule has 0 aliphatic heterocycles. The van der Waals surface area contributed by atoms with Crippen LogP contribution in [-0.2, 0) is 14.3 Å². The molecule has 6 nitrogen and oxygen atoms in total. The first kappa shape index (κ1) is 19.7. The predicted octanol–water partition coefficient (Wildman–Crippen LogP) is 3.04. The molecule has 26 heavy (non-hydrogen) atoms. The van der Waals surface area contributed by atoms with Crippen molar-refractivity contribution in [3.05, 3.63) is 42.0 Å². The van der Waals surface area contributed by atoms with Gasteiger partial charge in [0, 0.05) is 0 Å². The van der Waals surface area contributed by atoms with Gasteiger partial charge in [-0.1, -0.05) is 31.2 Å². The molecular weight excluding hydrogens is 336 g/mol. The van der Waals surface area contributed by atoms with Crippen LogP contribution in [0.1, 0.15) is 37.6 Å². The van der Waals surface area contributed by atoms with E-state index < -0.39 is 23.5 Å². The first-order valence-electron chi connectivity index (χ1n) is 8.48. The van der Waals surface area contributed by atoms with Crippen molar-refractivity contribution >= 4 is 22.7 Å². The highest BCUT2D eigenvalue weighted by Gasteiger charge is 2.27. The van der Waals surface area contributed by atoms with E-state index in [1.165, 1.54) is 12.1 Å². The third-order valence-corrected chi connectivity index (χ3v) is 4.33. The van der Waals surface area contributed by atoms with Crippen molar-refractivity contribution in [2.75, 3.05) is 13.2 Å². The molecule has 0 aromatic heterocycles. The van der Waals surface area contributed by atoms with Crippen LogP contribution in [0.4, 0.5) is 0 Å². The Morgan fingerprint density at radius 3 is 2.27 bits per heavy atom. The molecule has 140 valence electrons. The van der Waals surface area contributed by atoms with Crippen LogP contribution in [0.2, 0.25) is 0 Å². The Bertz CT molecular complexity index is 796. The summed E-state index contributed by atoms with van der Waals surface area (Å²) < 4.78 is 10.1. The van der Waals surface area contributed by atoms with Crippen LogP contribution in [0.3, 0.4) is 0 Å². The summed E-state index contributed by atoms with van der Waals surface area (Å²) in [5, 5.41) is 21.4. The van der Waals surface area contributed by atoms with E-state index >= 15 is 0 Å². The number of aliphatic hydroxyl groups is 1. The molecule has 2 N–H and O–H groups in total. The van der Waals surface area contributed by atoms with Gasteiger partial charge in [-0.2, -0.15) is 0 Å². The summed E-state index contributed by atoms with van der Waals surface area (Å²) in [7, 11) is 0. The maximum absolute atomic E-state index is 12.2. The maximum Gasteiger partial charge on any atom is 0.342 e. The minimum atomic E-state index is -1.14. The lowest BCUT2D eigenvalue weighted by atomic mass is 9.91. The molecule has 0 saturated heterocycles. The summed E-state index contributed by atoms with van der Waals surface area (Å²) in [4.78, 5) is 24.0. The standard InChI is InChI=1S/C20H24O6/c1-4-20(2,3)19(24)26-12-15(21)11-25-18(23)16-9-13-7-5-6-8-14(13)10-17(16)22/h5-10,15,21-22H,4,11-12H2,1-3H3. The second-order valence-electron chi connectivity index (χ2n) is 6.80. The highest BCUT2D eigenvalue weighted by atomic mass is 16.6. The SMILES string of the molecule is CCC(C)(C)C(=O)OCC(O)COC(=O)c1cc2ccccc2cc1O. The van der Waals surface area contributed by atoms with Gasteiger partial charge in [-0.25, -0.2) is 4.79 Å². The van der Waals surface area contributed by atoms with Crippen LogP contribution in [0.5, 0.6) is 5.75 Å². The molecule has 0 aliphatic rings. The molecule has 0 heterocycles. The molecule has 0 saturated carbocycles. The molecule has 0 fully saturated rings. The average molecular weight is 360 g/mol. The van der Waals surface area contributed by atoms with Gasteiger partial charge in [-0.05, 0) is 43.2 Å². The first-order valence-corrected chi connectivity index (χ1v) is 8.48. The van der Waals surface area contributed by atoms with E-state index in [1.54, 1.807) is 13.8 Å². The number of benzene rings is 2. The van der Waals surface area contributed by atoms with Gasteiger partial charge in [0.25, 0.3) is 0 Å². The van der Waals surface area contributed by atoms with Crippen molar-refractivity contribution in [2.45, 2.75) is 33.3 Å². The Hall–Kier alpha value is -2.60. The molecule has 0 radical (unpaired) electrons. The van der Waals surface area contributed by atoms with E-state index in [2.05, 4.69) is 0 Å². The van der Waals surface area contributed by atoms with Gasteiger partial charge in [0.05, 0.1) is 5.41 Å². The van der Waals surface area contributed by atoms with Gasteiger partial charge in [0.2, 0.25) is 0 Å². The number of carbonyl (C=O) groups excluding carboxylic acids is 2. The third kappa shape index (κ3) is 4.73. The monoisotopic (exact) mass is 360 g/mol. The molecule has 0 amide bonds. The molecule has 2 rings (SSSR count). The summed E-state index contributed by atoms with van der Waals surface area (Å²) >= 11 is 0. The van der Waals surface area contributed by atoms with E-state index in [-0.39, 0.29) is 24.5 Å². The number of hydrogen-bond acceptors (Lipinski definition) is 6. The summed E-state index contributed by atoms with van der Waals surface area (Å²) in [5.74, 6) is -1.37. The van der Waals surface area contributed by atoms with Crippen LogP contribution in [0.15, 0.2) is 36.4 Å². The molecule has 2 aromatic carbocycles. The van der Waals surface area contributed by atoms with Crippen molar-refractivity contribution in [3.63, 3.8) is 0 Å². The fourth-order valence-electron chi connectivity index (χ4n) is 2.20. The number of aliphatic hydroxyl groups excluding tert-OH is 1. The Morgan fingerprint density at radius 2 is 1.65 bits per heavy atom. The number of fused-ring (bicyclic) bond motifs is 1. The Labute approximate surface area is 152 Å². The van der Waals surface area contributed by atoms with Crippen molar-refractivity contribution in [1.82, 2.24) is 0 Å². The van der Waals surface area contributed by atoms with E-state index in [0.29, 0.717) is 6.42 Å². The lowest BCUT2D eigenvalue weighted by Gasteiger charge is -2.21. The first-order chi connectivity index (χ1) is 12.2. The minimum Gasteiger partial charge on any atom is -0.507 e. The smallest absolute Gasteiger partial charge is 0.342 e. The average Bonchev–Trinajstić information content (AvgIpc) is 2.63. The van der Waals surface area contributed by atoms with Gasteiger partial charge >= 0.3 is 11.9 Å². The number of rotatable bonds is 7. The zero-order valence-corrected chi connectivity index (χ0v) is 15.2. The molecule has 1 atom stereocenters. The van der Waals surface area contributed by atoms with Crippen molar-refractivity contribution in [2.24, 2.45) is 5.41 Å². The number of hydrogen-bond donors (Lipinski definition) is 2. The fourth-order valence-corrected chi connectivity index (χ4v) is 2.20. The Morgan fingerprint density at radius 1 is 1.08 bits per heavy atom. The number of phenols is 1. The minimum absolute atomic E-state index is 0.0139. The molecule has 6 heteroatoms. The normalized spacial score (nSPS) is 12.6. The maximum atomic E-state index is 12.2. The molecular formula is C20H24O6. The van der Waals surface area contributed by atoms with Crippen molar-refractivity contribution < 1.29 is 29.3 Å². The molecule has 1 unspecified atom stereocenters. The summed E-state index contributed by atoms with van der Waals surface area (Å²) in [6.07, 6.45) is -0.531. The highest BCUT2D eigenvalue weighted by Crippen LogP contribution is 2.25. The zero-order valence-electron chi connectivity index (χ0n) is 15.2. The number of esters is 2. The van der Waals surface area contributed by atoms with Crippen LogP contribution in [0.25, 0.3) is 10.8 Å². The van der Waals surface area contributed by atoms with Gasteiger partial charge in [0.1, 0.15) is 30.6 Å². The second-order valence-corrected chi connectivity index (χ2v) is 6.80. The Balaban J connectivity index is 1.92. The zero-order chi connectivity index (χ0) is 19.3. The van der Waals surface area contributed by atoms with Crippen LogP contribution in [-0.4, -0.2) is 41.5 Å². The molecule has 2 aromatic rings.